The topological polar surface area (TPSA) is 84.7 Å². The third-order valence-electron chi connectivity index (χ3n) is 3.62. The van der Waals surface area contributed by atoms with Gasteiger partial charge in [-0.25, -0.2) is 12.7 Å². The standard InChI is InChI=1S/C14H23N3O3S/c1-17(2)21(18,19)13-8-5-7-12(14(13)15)16-10-11-6-3-4-9-20-11/h5,7-8,11,16H,3-4,6,9-10,15H2,1-2H3. The Morgan fingerprint density at radius 3 is 2.76 bits per heavy atom. The highest BCUT2D eigenvalue weighted by molar-refractivity contribution is 7.89. The second-order valence-corrected chi connectivity index (χ2v) is 7.49. The summed E-state index contributed by atoms with van der Waals surface area (Å²) in [7, 11) is -0.555. The molecule has 0 aliphatic carbocycles. The molecule has 3 N–H and O–H groups in total. The smallest absolute Gasteiger partial charge is 0.244 e. The van der Waals surface area contributed by atoms with Gasteiger partial charge in [0.1, 0.15) is 4.90 Å². The highest BCUT2D eigenvalue weighted by Gasteiger charge is 2.22. The minimum atomic E-state index is -3.54. The fraction of sp³-hybridized carbons (Fsp3) is 0.571. The van der Waals surface area contributed by atoms with E-state index in [1.807, 2.05) is 0 Å². The van der Waals surface area contributed by atoms with E-state index in [1.54, 1.807) is 12.1 Å². The lowest BCUT2D eigenvalue weighted by molar-refractivity contribution is 0.0248. The average Bonchev–Trinajstić information content (AvgIpc) is 2.47. The van der Waals surface area contributed by atoms with E-state index in [1.165, 1.54) is 20.2 Å². The maximum absolute atomic E-state index is 12.2. The van der Waals surface area contributed by atoms with E-state index in [0.717, 1.165) is 30.2 Å². The maximum Gasteiger partial charge on any atom is 0.244 e. The third-order valence-corrected chi connectivity index (χ3v) is 5.49. The molecule has 2 rings (SSSR count). The van der Waals surface area contributed by atoms with Crippen molar-refractivity contribution in [2.75, 3.05) is 38.3 Å². The number of sulfonamides is 1. The molecule has 1 aliphatic rings. The maximum atomic E-state index is 12.2. The Morgan fingerprint density at radius 1 is 1.38 bits per heavy atom. The number of nitrogens with one attached hydrogen (secondary N) is 1. The lowest BCUT2D eigenvalue weighted by Crippen LogP contribution is -2.27. The molecule has 1 fully saturated rings. The molecule has 1 unspecified atom stereocenters. The van der Waals surface area contributed by atoms with Gasteiger partial charge in [0.2, 0.25) is 10.0 Å². The lowest BCUT2D eigenvalue weighted by atomic mass is 10.1. The van der Waals surface area contributed by atoms with E-state index in [9.17, 15) is 8.42 Å². The molecule has 7 heteroatoms. The highest BCUT2D eigenvalue weighted by atomic mass is 32.2. The number of para-hydroxylation sites is 1. The van der Waals surface area contributed by atoms with Crippen LogP contribution >= 0.6 is 0 Å². The van der Waals surface area contributed by atoms with Crippen molar-refractivity contribution in [3.8, 4) is 0 Å². The second kappa shape index (κ2) is 6.64. The van der Waals surface area contributed by atoms with Crippen LogP contribution in [0.5, 0.6) is 0 Å². The molecule has 1 atom stereocenters. The predicted molar refractivity (Wildman–Crippen MR) is 83.8 cm³/mol. The number of hydrogen-bond donors (Lipinski definition) is 2. The fourth-order valence-corrected chi connectivity index (χ4v) is 3.34. The normalized spacial score (nSPS) is 19.7. The van der Waals surface area contributed by atoms with Gasteiger partial charge >= 0.3 is 0 Å². The first-order valence-electron chi connectivity index (χ1n) is 7.09. The Morgan fingerprint density at radius 2 is 2.14 bits per heavy atom. The molecule has 0 spiro atoms. The van der Waals surface area contributed by atoms with E-state index in [-0.39, 0.29) is 16.7 Å². The van der Waals surface area contributed by atoms with Gasteiger partial charge in [-0.2, -0.15) is 0 Å². The van der Waals surface area contributed by atoms with Gasteiger partial charge in [-0.05, 0) is 31.4 Å². The molecule has 1 saturated heterocycles. The summed E-state index contributed by atoms with van der Waals surface area (Å²) >= 11 is 0. The summed E-state index contributed by atoms with van der Waals surface area (Å²) in [5.41, 5.74) is 6.90. The van der Waals surface area contributed by atoms with Gasteiger partial charge in [0, 0.05) is 27.2 Å². The van der Waals surface area contributed by atoms with Crippen molar-refractivity contribution in [2.24, 2.45) is 0 Å². The number of rotatable bonds is 5. The van der Waals surface area contributed by atoms with Crippen LogP contribution in [-0.2, 0) is 14.8 Å². The van der Waals surface area contributed by atoms with Gasteiger partial charge in [0.25, 0.3) is 0 Å². The molecule has 21 heavy (non-hydrogen) atoms. The molecule has 1 aliphatic heterocycles. The first kappa shape index (κ1) is 16.1. The van der Waals surface area contributed by atoms with Crippen LogP contribution in [0, 0.1) is 0 Å². The Hall–Kier alpha value is -1.31. The van der Waals surface area contributed by atoms with Gasteiger partial charge in [0.15, 0.2) is 0 Å². The van der Waals surface area contributed by atoms with E-state index in [2.05, 4.69) is 5.32 Å². The zero-order valence-electron chi connectivity index (χ0n) is 12.5. The number of anilines is 2. The van der Waals surface area contributed by atoms with Gasteiger partial charge < -0.3 is 15.8 Å². The van der Waals surface area contributed by atoms with Crippen molar-refractivity contribution >= 4 is 21.4 Å². The number of hydrogen-bond acceptors (Lipinski definition) is 5. The minimum absolute atomic E-state index is 0.127. The SMILES string of the molecule is CN(C)S(=O)(=O)c1cccc(NCC2CCCCO2)c1N. The van der Waals surface area contributed by atoms with Crippen molar-refractivity contribution in [2.45, 2.75) is 30.3 Å². The summed E-state index contributed by atoms with van der Waals surface area (Å²) in [6, 6.07) is 5.00. The van der Waals surface area contributed by atoms with Crippen LogP contribution < -0.4 is 11.1 Å². The Kier molecular flexibility index (Phi) is 5.08. The average molecular weight is 313 g/mol. The van der Waals surface area contributed by atoms with Gasteiger partial charge in [-0.1, -0.05) is 6.07 Å². The molecule has 0 saturated carbocycles. The quantitative estimate of drug-likeness (QED) is 0.805. The van der Waals surface area contributed by atoms with E-state index >= 15 is 0 Å². The molecule has 6 nitrogen and oxygen atoms in total. The van der Waals surface area contributed by atoms with Crippen LogP contribution in [0.3, 0.4) is 0 Å². The van der Waals surface area contributed by atoms with E-state index < -0.39 is 10.0 Å². The van der Waals surface area contributed by atoms with Gasteiger partial charge in [-0.3, -0.25) is 0 Å². The summed E-state index contributed by atoms with van der Waals surface area (Å²) in [5, 5.41) is 3.20. The molecule has 1 aromatic rings. The largest absolute Gasteiger partial charge is 0.396 e. The van der Waals surface area contributed by atoms with Crippen LogP contribution in [0.1, 0.15) is 19.3 Å². The Balaban J connectivity index is 2.14. The Bertz CT molecular complexity index is 581. The first-order chi connectivity index (χ1) is 9.93. The third kappa shape index (κ3) is 3.66. The molecule has 118 valence electrons. The molecule has 0 radical (unpaired) electrons. The number of nitrogens with two attached hydrogens (primary N) is 1. The van der Waals surface area contributed by atoms with Crippen LogP contribution in [0.15, 0.2) is 23.1 Å². The van der Waals surface area contributed by atoms with Gasteiger partial charge in [-0.15, -0.1) is 0 Å². The predicted octanol–water partition coefficient (Wildman–Crippen LogP) is 1.50. The molecule has 0 bridgehead atoms. The zero-order valence-corrected chi connectivity index (χ0v) is 13.3. The number of ether oxygens (including phenoxy) is 1. The van der Waals surface area contributed by atoms with Crippen molar-refractivity contribution in [3.63, 3.8) is 0 Å². The molecule has 1 aromatic carbocycles. The Labute approximate surface area is 126 Å². The molecule has 0 aromatic heterocycles. The van der Waals surface area contributed by atoms with Gasteiger partial charge in [0.05, 0.1) is 17.5 Å². The first-order valence-corrected chi connectivity index (χ1v) is 8.53. The van der Waals surface area contributed by atoms with Crippen molar-refractivity contribution in [3.05, 3.63) is 18.2 Å². The second-order valence-electron chi connectivity index (χ2n) is 5.37. The van der Waals surface area contributed by atoms with Crippen LogP contribution in [0.25, 0.3) is 0 Å². The highest BCUT2D eigenvalue weighted by Crippen LogP contribution is 2.28. The zero-order chi connectivity index (χ0) is 15.5. The van der Waals surface area contributed by atoms with E-state index in [0.29, 0.717) is 12.2 Å². The molecule has 0 amide bonds. The summed E-state index contributed by atoms with van der Waals surface area (Å²) < 4.78 is 31.2. The van der Waals surface area contributed by atoms with Crippen molar-refractivity contribution in [1.29, 1.82) is 0 Å². The summed E-state index contributed by atoms with van der Waals surface area (Å²) in [6.07, 6.45) is 3.45. The number of nitrogens with zero attached hydrogens (tertiary/aromatic N) is 1. The van der Waals surface area contributed by atoms with Crippen molar-refractivity contribution in [1.82, 2.24) is 4.31 Å². The summed E-state index contributed by atoms with van der Waals surface area (Å²) in [6.45, 7) is 1.42. The van der Waals surface area contributed by atoms with Crippen LogP contribution in [-0.4, -0.2) is 46.1 Å². The van der Waals surface area contributed by atoms with Crippen LogP contribution in [0.4, 0.5) is 11.4 Å². The number of nitrogen functional groups attached to an aromatic ring is 1. The number of benzene rings is 1. The minimum Gasteiger partial charge on any atom is -0.396 e. The fourth-order valence-electron chi connectivity index (χ4n) is 2.31. The van der Waals surface area contributed by atoms with Crippen molar-refractivity contribution < 1.29 is 13.2 Å². The van der Waals surface area contributed by atoms with Crippen LogP contribution in [0.2, 0.25) is 0 Å². The molecule has 1 heterocycles. The monoisotopic (exact) mass is 313 g/mol. The van der Waals surface area contributed by atoms with E-state index in [4.69, 9.17) is 10.5 Å². The summed E-state index contributed by atoms with van der Waals surface area (Å²) in [4.78, 5) is 0.127. The summed E-state index contributed by atoms with van der Waals surface area (Å²) in [5.74, 6) is 0. The molecular formula is C14H23N3O3S. The lowest BCUT2D eigenvalue weighted by Gasteiger charge is -2.24. The molecular weight excluding hydrogens is 290 g/mol.